The molecular formula is C9H6N2O4S2. The molecule has 1 rings (SSSR count). The lowest BCUT2D eigenvalue weighted by Gasteiger charge is -2.25. The number of ether oxygens (including phenoxy) is 2. The van der Waals surface area contributed by atoms with Gasteiger partial charge in [-0.25, -0.2) is 0 Å². The molecule has 0 aliphatic carbocycles. The molecule has 0 atom stereocenters. The molecule has 0 amide bonds. The Kier molecular flexibility index (Phi) is 4.88. The highest BCUT2D eigenvalue weighted by atomic mass is 32.2. The normalized spacial score (nSPS) is 15.6. The van der Waals surface area contributed by atoms with E-state index in [1.165, 1.54) is 0 Å². The van der Waals surface area contributed by atoms with Crippen LogP contribution in [-0.2, 0) is 19.1 Å². The van der Waals surface area contributed by atoms with Gasteiger partial charge in [-0.15, -0.1) is 0 Å². The molecule has 8 heteroatoms. The zero-order chi connectivity index (χ0) is 12.7. The van der Waals surface area contributed by atoms with Gasteiger partial charge in [0.05, 0.1) is 12.1 Å². The first-order valence-corrected chi connectivity index (χ1v) is 6.06. The van der Waals surface area contributed by atoms with Gasteiger partial charge in [-0.3, -0.25) is 9.59 Å². The monoisotopic (exact) mass is 270 g/mol. The summed E-state index contributed by atoms with van der Waals surface area (Å²) in [5.74, 6) is -1.58. The fraction of sp³-hybridized carbons (Fsp3) is 0.333. The molecule has 0 fully saturated rings. The first-order chi connectivity index (χ1) is 8.12. The Morgan fingerprint density at radius 3 is 1.82 bits per heavy atom. The Morgan fingerprint density at radius 1 is 1.06 bits per heavy atom. The lowest BCUT2D eigenvalue weighted by Crippen LogP contribution is -2.31. The number of rotatable bonds is 4. The Hall–Kier alpha value is -1.64. The van der Waals surface area contributed by atoms with Gasteiger partial charge in [-0.1, -0.05) is 0 Å². The van der Waals surface area contributed by atoms with Crippen LogP contribution in [0.3, 0.4) is 0 Å². The van der Waals surface area contributed by atoms with Crippen LogP contribution in [0, 0.1) is 22.7 Å². The third-order valence-electron chi connectivity index (χ3n) is 1.40. The van der Waals surface area contributed by atoms with Crippen LogP contribution in [0.4, 0.5) is 0 Å². The minimum atomic E-state index is -1.54. The molecule has 0 aromatic heterocycles. The van der Waals surface area contributed by atoms with Crippen LogP contribution in [0.5, 0.6) is 0 Å². The minimum absolute atomic E-state index is 0.432. The van der Waals surface area contributed by atoms with E-state index in [-0.39, 0.29) is 0 Å². The third-order valence-corrected chi connectivity index (χ3v) is 3.61. The van der Waals surface area contributed by atoms with Crippen LogP contribution < -0.4 is 0 Å². The van der Waals surface area contributed by atoms with E-state index in [4.69, 9.17) is 20.0 Å². The summed E-state index contributed by atoms with van der Waals surface area (Å²) in [6.07, 6.45) is -0.864. The van der Waals surface area contributed by atoms with Gasteiger partial charge in [0.15, 0.2) is 0 Å². The van der Waals surface area contributed by atoms with Gasteiger partial charge < -0.3 is 9.47 Å². The summed E-state index contributed by atoms with van der Waals surface area (Å²) in [5.41, 5.74) is 0. The summed E-state index contributed by atoms with van der Waals surface area (Å²) in [4.78, 5) is 22.4. The van der Waals surface area contributed by atoms with E-state index < -0.39 is 29.2 Å². The van der Waals surface area contributed by atoms with Crippen molar-refractivity contribution < 1.29 is 19.1 Å². The molecule has 0 aromatic carbocycles. The van der Waals surface area contributed by atoms with Crippen molar-refractivity contribution in [1.29, 1.82) is 10.5 Å². The van der Waals surface area contributed by atoms with E-state index in [0.717, 1.165) is 23.5 Å². The van der Waals surface area contributed by atoms with Crippen LogP contribution in [0.25, 0.3) is 0 Å². The molecule has 17 heavy (non-hydrogen) atoms. The second-order valence-electron chi connectivity index (χ2n) is 2.63. The Morgan fingerprint density at radius 2 is 1.47 bits per heavy atom. The molecule has 0 aromatic rings. The van der Waals surface area contributed by atoms with Crippen LogP contribution in [-0.4, -0.2) is 16.4 Å². The second-order valence-corrected chi connectivity index (χ2v) is 4.97. The van der Waals surface area contributed by atoms with Crippen molar-refractivity contribution in [2.75, 3.05) is 0 Å². The highest BCUT2D eigenvalue weighted by Gasteiger charge is 2.42. The quantitative estimate of drug-likeness (QED) is 0.559. The van der Waals surface area contributed by atoms with Crippen molar-refractivity contribution in [1.82, 2.24) is 0 Å². The minimum Gasteiger partial charge on any atom is -0.402 e. The topological polar surface area (TPSA) is 100 Å². The van der Waals surface area contributed by atoms with Crippen molar-refractivity contribution in [2.45, 2.75) is 17.3 Å². The summed E-state index contributed by atoms with van der Waals surface area (Å²) in [6, 6.07) is 3.26. The van der Waals surface area contributed by atoms with E-state index >= 15 is 0 Å². The zero-order valence-electron chi connectivity index (χ0n) is 8.41. The van der Waals surface area contributed by atoms with E-state index in [0.29, 0.717) is 0 Å². The van der Waals surface area contributed by atoms with Crippen molar-refractivity contribution in [2.24, 2.45) is 0 Å². The fourth-order valence-corrected chi connectivity index (χ4v) is 2.74. The van der Waals surface area contributed by atoms with Crippen molar-refractivity contribution in [3.05, 3.63) is 10.8 Å². The maximum Gasteiger partial charge on any atom is 0.366 e. The molecular weight excluding hydrogens is 264 g/mol. The molecule has 0 unspecified atom stereocenters. The number of hydrogen-bond acceptors (Lipinski definition) is 8. The SMILES string of the molecule is N#CCC(=O)OC1(OC(=O)CC#N)SC=CS1. The van der Waals surface area contributed by atoms with Crippen molar-refractivity contribution >= 4 is 35.5 Å². The van der Waals surface area contributed by atoms with E-state index in [9.17, 15) is 9.59 Å². The van der Waals surface area contributed by atoms with Crippen LogP contribution >= 0.6 is 23.5 Å². The van der Waals surface area contributed by atoms with Gasteiger partial charge in [0, 0.05) is 0 Å². The number of carbonyl (C=O) groups is 2. The number of nitrogens with zero attached hydrogens (tertiary/aromatic N) is 2. The number of esters is 2. The van der Waals surface area contributed by atoms with Gasteiger partial charge in [0.25, 0.3) is 0 Å². The number of hydrogen-bond donors (Lipinski definition) is 0. The Labute approximate surface area is 106 Å². The van der Waals surface area contributed by atoms with Crippen LogP contribution in [0.1, 0.15) is 12.8 Å². The molecule has 0 N–H and O–H groups in total. The van der Waals surface area contributed by atoms with Gasteiger partial charge >= 0.3 is 16.4 Å². The first-order valence-electron chi connectivity index (χ1n) is 4.30. The molecule has 1 heterocycles. The predicted molar refractivity (Wildman–Crippen MR) is 59.7 cm³/mol. The molecule has 1 aliphatic heterocycles. The average molecular weight is 270 g/mol. The van der Waals surface area contributed by atoms with Gasteiger partial charge in [0.2, 0.25) is 0 Å². The zero-order valence-corrected chi connectivity index (χ0v) is 10.0. The van der Waals surface area contributed by atoms with Crippen molar-refractivity contribution in [3.8, 4) is 12.1 Å². The average Bonchev–Trinajstić information content (AvgIpc) is 2.66. The highest BCUT2D eigenvalue weighted by molar-refractivity contribution is 8.23. The summed E-state index contributed by atoms with van der Waals surface area (Å²) in [7, 11) is 0. The molecule has 88 valence electrons. The Balaban J connectivity index is 2.64. The predicted octanol–water partition coefficient (Wildman–Crippen LogP) is 1.46. The Bertz CT molecular complexity index is 395. The van der Waals surface area contributed by atoms with Gasteiger partial charge in [-0.2, -0.15) is 10.5 Å². The largest absolute Gasteiger partial charge is 0.402 e. The van der Waals surface area contributed by atoms with E-state index in [2.05, 4.69) is 0 Å². The van der Waals surface area contributed by atoms with Gasteiger partial charge in [-0.05, 0) is 34.3 Å². The summed E-state index contributed by atoms with van der Waals surface area (Å²) in [5, 5.41) is 19.8. The van der Waals surface area contributed by atoms with Crippen molar-refractivity contribution in [3.63, 3.8) is 0 Å². The molecule has 0 spiro atoms. The number of nitriles is 2. The molecule has 0 saturated carbocycles. The summed E-state index contributed by atoms with van der Waals surface area (Å²) < 4.78 is 8.27. The molecule has 0 radical (unpaired) electrons. The van der Waals surface area contributed by atoms with Gasteiger partial charge in [0.1, 0.15) is 12.8 Å². The highest BCUT2D eigenvalue weighted by Crippen LogP contribution is 2.47. The van der Waals surface area contributed by atoms with Crippen LogP contribution in [0.2, 0.25) is 0 Å². The lowest BCUT2D eigenvalue weighted by atomic mass is 10.5. The fourth-order valence-electron chi connectivity index (χ4n) is 0.847. The maximum atomic E-state index is 11.2. The van der Waals surface area contributed by atoms with E-state index in [1.807, 2.05) is 0 Å². The molecule has 0 saturated heterocycles. The van der Waals surface area contributed by atoms with E-state index in [1.54, 1.807) is 23.0 Å². The molecule has 1 aliphatic rings. The standard InChI is InChI=1S/C9H6N2O4S2/c10-3-1-7(12)14-9(16-5-6-17-9)15-8(13)2-4-11/h5-6H,1-2H2. The lowest BCUT2D eigenvalue weighted by molar-refractivity contribution is -0.177. The summed E-state index contributed by atoms with van der Waals surface area (Å²) >= 11 is 1.95. The number of thioether (sulfide) groups is 2. The molecule has 0 bridgehead atoms. The second kappa shape index (κ2) is 6.18. The van der Waals surface area contributed by atoms with Crippen LogP contribution in [0.15, 0.2) is 10.8 Å². The number of carbonyl (C=O) groups excluding carboxylic acids is 2. The molecule has 6 nitrogen and oxygen atoms in total. The smallest absolute Gasteiger partial charge is 0.366 e. The maximum absolute atomic E-state index is 11.2. The third kappa shape index (κ3) is 4.02. The summed E-state index contributed by atoms with van der Waals surface area (Å²) in [6.45, 7) is 0. The first kappa shape index (κ1) is 13.4.